The lowest BCUT2D eigenvalue weighted by atomic mass is 10.2. The summed E-state index contributed by atoms with van der Waals surface area (Å²) >= 11 is 13.8. The van der Waals surface area contributed by atoms with E-state index in [1.165, 1.54) is 0 Å². The lowest BCUT2D eigenvalue weighted by Crippen LogP contribution is -1.94. The predicted octanol–water partition coefficient (Wildman–Crippen LogP) is 3.72. The van der Waals surface area contributed by atoms with Crippen molar-refractivity contribution >= 4 is 35.0 Å². The first-order valence-corrected chi connectivity index (χ1v) is 6.75. The molecule has 0 radical (unpaired) electrons. The second-order valence-electron chi connectivity index (χ2n) is 3.58. The van der Waals surface area contributed by atoms with Crippen LogP contribution >= 0.6 is 35.0 Å². The molecule has 0 aliphatic carbocycles. The highest BCUT2D eigenvalue weighted by atomic mass is 35.5. The summed E-state index contributed by atoms with van der Waals surface area (Å²) in [6, 6.07) is 5.52. The summed E-state index contributed by atoms with van der Waals surface area (Å²) in [6.07, 6.45) is 0. The first kappa shape index (κ1) is 12.7. The third kappa shape index (κ3) is 2.76. The molecule has 0 unspecified atom stereocenters. The Kier molecular flexibility index (Phi) is 3.97. The molecular weight excluding hydrogens is 277 g/mol. The van der Waals surface area contributed by atoms with E-state index in [2.05, 4.69) is 10.2 Å². The number of thioether (sulfide) groups is 1. The van der Waals surface area contributed by atoms with Crippen molar-refractivity contribution in [3.05, 3.63) is 39.6 Å². The van der Waals surface area contributed by atoms with Gasteiger partial charge in [0.2, 0.25) is 0 Å². The average molecular weight is 288 g/mol. The summed E-state index contributed by atoms with van der Waals surface area (Å²) in [4.78, 5) is 0. The van der Waals surface area contributed by atoms with Crippen molar-refractivity contribution in [2.75, 3.05) is 0 Å². The van der Waals surface area contributed by atoms with Crippen molar-refractivity contribution in [3.8, 4) is 0 Å². The minimum atomic E-state index is 0.684. The highest BCUT2D eigenvalue weighted by molar-refractivity contribution is 7.98. The molecule has 0 amide bonds. The Bertz CT molecular complexity index is 519. The molecule has 2 rings (SSSR count). The molecule has 0 saturated carbocycles. The van der Waals surface area contributed by atoms with Crippen LogP contribution in [0.5, 0.6) is 0 Å². The Hall–Kier alpha value is -0.710. The monoisotopic (exact) mass is 287 g/mol. The van der Waals surface area contributed by atoms with Gasteiger partial charge in [-0.25, -0.2) is 0 Å². The van der Waals surface area contributed by atoms with E-state index < -0.39 is 0 Å². The predicted molar refractivity (Wildman–Crippen MR) is 71.8 cm³/mol. The van der Waals surface area contributed by atoms with Crippen LogP contribution in [0.4, 0.5) is 0 Å². The number of aromatic nitrogens is 3. The molecule has 0 aliphatic rings. The number of rotatable bonds is 3. The van der Waals surface area contributed by atoms with E-state index >= 15 is 0 Å². The number of aryl methyl sites for hydroxylation is 1. The summed E-state index contributed by atoms with van der Waals surface area (Å²) in [5.41, 5.74) is 0.932. The SMILES string of the molecule is Cc1nnc(SCc2c(Cl)cccc2Cl)n1C. The van der Waals surface area contributed by atoms with E-state index in [1.807, 2.05) is 36.7 Å². The molecular formula is C11H11Cl2N3S. The molecule has 3 nitrogen and oxygen atoms in total. The summed E-state index contributed by atoms with van der Waals surface area (Å²) in [5, 5.41) is 10.3. The Morgan fingerprint density at radius 1 is 1.24 bits per heavy atom. The zero-order valence-corrected chi connectivity index (χ0v) is 11.8. The second-order valence-corrected chi connectivity index (χ2v) is 5.33. The Morgan fingerprint density at radius 2 is 1.88 bits per heavy atom. The number of halogens is 2. The van der Waals surface area contributed by atoms with Gasteiger partial charge in [0.05, 0.1) is 0 Å². The van der Waals surface area contributed by atoms with Crippen LogP contribution in [-0.4, -0.2) is 14.8 Å². The molecule has 6 heteroatoms. The molecule has 0 N–H and O–H groups in total. The fourth-order valence-corrected chi connectivity index (χ4v) is 3.02. The second kappa shape index (κ2) is 5.29. The van der Waals surface area contributed by atoms with E-state index in [0.717, 1.165) is 16.5 Å². The van der Waals surface area contributed by atoms with E-state index in [4.69, 9.17) is 23.2 Å². The van der Waals surface area contributed by atoms with Crippen molar-refractivity contribution < 1.29 is 0 Å². The number of benzene rings is 1. The van der Waals surface area contributed by atoms with Gasteiger partial charge in [-0.1, -0.05) is 41.0 Å². The quantitative estimate of drug-likeness (QED) is 0.806. The Morgan fingerprint density at radius 3 is 2.41 bits per heavy atom. The lowest BCUT2D eigenvalue weighted by molar-refractivity contribution is 0.765. The van der Waals surface area contributed by atoms with Crippen molar-refractivity contribution in [3.63, 3.8) is 0 Å². The summed E-state index contributed by atoms with van der Waals surface area (Å²) in [6.45, 7) is 1.92. The normalized spacial score (nSPS) is 10.8. The number of nitrogens with zero attached hydrogens (tertiary/aromatic N) is 3. The first-order chi connectivity index (χ1) is 8.09. The van der Waals surface area contributed by atoms with Crippen LogP contribution in [-0.2, 0) is 12.8 Å². The van der Waals surface area contributed by atoms with Crippen LogP contribution in [0, 0.1) is 6.92 Å². The molecule has 0 spiro atoms. The lowest BCUT2D eigenvalue weighted by Gasteiger charge is -2.06. The van der Waals surface area contributed by atoms with Gasteiger partial charge in [-0.2, -0.15) is 0 Å². The number of hydrogen-bond donors (Lipinski definition) is 0. The maximum atomic E-state index is 6.10. The van der Waals surface area contributed by atoms with Gasteiger partial charge in [-0.15, -0.1) is 10.2 Å². The van der Waals surface area contributed by atoms with E-state index in [0.29, 0.717) is 15.8 Å². The Labute approximate surface area is 114 Å². The molecule has 1 aromatic heterocycles. The van der Waals surface area contributed by atoms with Crippen molar-refractivity contribution in [1.82, 2.24) is 14.8 Å². The fourth-order valence-electron chi connectivity index (χ4n) is 1.32. The third-order valence-corrected chi connectivity index (χ3v) is 4.21. The van der Waals surface area contributed by atoms with Gasteiger partial charge >= 0.3 is 0 Å². The van der Waals surface area contributed by atoms with Gasteiger partial charge in [0, 0.05) is 22.8 Å². The average Bonchev–Trinajstić information content (AvgIpc) is 2.60. The molecule has 2 aromatic rings. The van der Waals surface area contributed by atoms with Crippen LogP contribution in [0.15, 0.2) is 23.4 Å². The van der Waals surface area contributed by atoms with Crippen molar-refractivity contribution in [1.29, 1.82) is 0 Å². The maximum absolute atomic E-state index is 6.10. The van der Waals surface area contributed by atoms with Crippen molar-refractivity contribution in [2.45, 2.75) is 17.8 Å². The van der Waals surface area contributed by atoms with Gasteiger partial charge in [-0.3, -0.25) is 0 Å². The number of hydrogen-bond acceptors (Lipinski definition) is 3. The zero-order chi connectivity index (χ0) is 12.4. The van der Waals surface area contributed by atoms with Crippen molar-refractivity contribution in [2.24, 2.45) is 7.05 Å². The maximum Gasteiger partial charge on any atom is 0.191 e. The largest absolute Gasteiger partial charge is 0.309 e. The van der Waals surface area contributed by atoms with Gasteiger partial charge in [0.15, 0.2) is 5.16 Å². The highest BCUT2D eigenvalue weighted by Gasteiger charge is 2.09. The molecule has 1 aromatic carbocycles. The van der Waals surface area contributed by atoms with Crippen LogP contribution in [0.3, 0.4) is 0 Å². The molecule has 90 valence electrons. The molecule has 1 heterocycles. The third-order valence-electron chi connectivity index (χ3n) is 2.46. The zero-order valence-electron chi connectivity index (χ0n) is 9.44. The van der Waals surface area contributed by atoms with Crippen LogP contribution < -0.4 is 0 Å². The van der Waals surface area contributed by atoms with E-state index in [9.17, 15) is 0 Å². The standard InChI is InChI=1S/C11H11Cl2N3S/c1-7-14-15-11(16(7)2)17-6-8-9(12)4-3-5-10(8)13/h3-5H,6H2,1-2H3. The molecule has 0 aliphatic heterocycles. The van der Waals surface area contributed by atoms with Gasteiger partial charge < -0.3 is 4.57 Å². The minimum Gasteiger partial charge on any atom is -0.309 e. The van der Waals surface area contributed by atoms with Gasteiger partial charge in [0.25, 0.3) is 0 Å². The van der Waals surface area contributed by atoms with Gasteiger partial charge in [0.1, 0.15) is 5.82 Å². The Balaban J connectivity index is 2.15. The summed E-state index contributed by atoms with van der Waals surface area (Å²) in [5.74, 6) is 1.57. The van der Waals surface area contributed by atoms with Crippen LogP contribution in [0.2, 0.25) is 10.0 Å². The smallest absolute Gasteiger partial charge is 0.191 e. The van der Waals surface area contributed by atoms with Crippen LogP contribution in [0.25, 0.3) is 0 Å². The summed E-state index contributed by atoms with van der Waals surface area (Å²) < 4.78 is 1.94. The minimum absolute atomic E-state index is 0.684. The molecule has 0 saturated heterocycles. The highest BCUT2D eigenvalue weighted by Crippen LogP contribution is 2.30. The molecule has 0 atom stereocenters. The van der Waals surface area contributed by atoms with Crippen LogP contribution in [0.1, 0.15) is 11.4 Å². The fraction of sp³-hybridized carbons (Fsp3) is 0.273. The molecule has 0 fully saturated rings. The topological polar surface area (TPSA) is 30.7 Å². The molecule has 0 bridgehead atoms. The molecule has 17 heavy (non-hydrogen) atoms. The summed E-state index contributed by atoms with van der Waals surface area (Å²) in [7, 11) is 1.94. The van der Waals surface area contributed by atoms with E-state index in [1.54, 1.807) is 11.8 Å². The van der Waals surface area contributed by atoms with E-state index in [-0.39, 0.29) is 0 Å². The van der Waals surface area contributed by atoms with Gasteiger partial charge in [-0.05, 0) is 24.6 Å². The first-order valence-electron chi connectivity index (χ1n) is 5.01.